The van der Waals surface area contributed by atoms with E-state index in [9.17, 15) is 14.4 Å². The van der Waals surface area contributed by atoms with Crippen LogP contribution in [0.2, 0.25) is 0 Å². The second kappa shape index (κ2) is 7.08. The topological polar surface area (TPSA) is 98.7 Å². The van der Waals surface area contributed by atoms with Crippen molar-refractivity contribution in [2.45, 2.75) is 26.3 Å². The van der Waals surface area contributed by atoms with Crippen molar-refractivity contribution in [1.82, 2.24) is 15.5 Å². The molecule has 0 bridgehead atoms. The molecule has 0 spiro atoms. The summed E-state index contributed by atoms with van der Waals surface area (Å²) in [5.41, 5.74) is 0. The highest BCUT2D eigenvalue weighted by Crippen LogP contribution is 2.23. The summed E-state index contributed by atoms with van der Waals surface area (Å²) in [5.74, 6) is -1.18. The van der Waals surface area contributed by atoms with Crippen LogP contribution in [0.25, 0.3) is 0 Å². The quantitative estimate of drug-likeness (QED) is 0.540. The molecule has 3 N–H and O–H groups in total. The number of nitrogens with one attached hydrogen (secondary N) is 2. The highest BCUT2D eigenvalue weighted by atomic mass is 16.4. The number of likely N-dealkylation sites (tertiary alicyclic amines) is 1. The van der Waals surface area contributed by atoms with Crippen LogP contribution < -0.4 is 10.6 Å². The molecule has 2 amide bonds. The van der Waals surface area contributed by atoms with Crippen molar-refractivity contribution < 1.29 is 19.5 Å². The van der Waals surface area contributed by atoms with Gasteiger partial charge in [-0.2, -0.15) is 0 Å². The lowest BCUT2D eigenvalue weighted by atomic mass is 10.0. The second-order valence-electron chi connectivity index (χ2n) is 4.85. The zero-order chi connectivity index (χ0) is 14.4. The molecule has 1 aliphatic heterocycles. The molecule has 7 nitrogen and oxygen atoms in total. The molecule has 1 heterocycles. The molecule has 1 saturated heterocycles. The van der Waals surface area contributed by atoms with E-state index in [1.807, 2.05) is 6.92 Å². The van der Waals surface area contributed by atoms with Crippen LogP contribution in [0.3, 0.4) is 0 Å². The van der Waals surface area contributed by atoms with Crippen molar-refractivity contribution in [1.29, 1.82) is 0 Å². The Morgan fingerprint density at radius 3 is 2.47 bits per heavy atom. The average molecular weight is 271 g/mol. The Kier molecular flexibility index (Phi) is 5.75. The molecule has 19 heavy (non-hydrogen) atoms. The normalized spacial score (nSPS) is 23.1. The van der Waals surface area contributed by atoms with Crippen molar-refractivity contribution >= 4 is 17.8 Å². The lowest BCUT2D eigenvalue weighted by Crippen LogP contribution is -2.45. The summed E-state index contributed by atoms with van der Waals surface area (Å²) in [5, 5.41) is 14.3. The summed E-state index contributed by atoms with van der Waals surface area (Å²) in [7, 11) is 0. The Hall–Kier alpha value is -1.63. The van der Waals surface area contributed by atoms with Gasteiger partial charge in [0.15, 0.2) is 0 Å². The minimum atomic E-state index is -0.879. The lowest BCUT2D eigenvalue weighted by Gasteiger charge is -2.22. The van der Waals surface area contributed by atoms with Gasteiger partial charge in [0.1, 0.15) is 6.04 Å². The van der Waals surface area contributed by atoms with Gasteiger partial charge in [0.25, 0.3) is 0 Å². The smallest absolute Gasteiger partial charge is 0.321 e. The third kappa shape index (κ3) is 4.86. The molecule has 0 saturated carbocycles. The van der Waals surface area contributed by atoms with Crippen LogP contribution in [0.4, 0.5) is 0 Å². The Balaban J connectivity index is 2.32. The van der Waals surface area contributed by atoms with Gasteiger partial charge in [-0.15, -0.1) is 0 Å². The van der Waals surface area contributed by atoms with E-state index in [-0.39, 0.29) is 24.3 Å². The Bertz CT molecular complexity index is 359. The van der Waals surface area contributed by atoms with E-state index in [2.05, 4.69) is 10.6 Å². The van der Waals surface area contributed by atoms with Crippen LogP contribution in [0.15, 0.2) is 0 Å². The number of hydrogen-bond donors (Lipinski definition) is 3. The summed E-state index contributed by atoms with van der Waals surface area (Å²) < 4.78 is 0. The molecule has 2 atom stereocenters. The van der Waals surface area contributed by atoms with E-state index in [1.54, 1.807) is 4.90 Å². The van der Waals surface area contributed by atoms with E-state index in [4.69, 9.17) is 5.11 Å². The number of nitrogens with zero attached hydrogens (tertiary/aromatic N) is 1. The maximum absolute atomic E-state index is 11.7. The maximum Gasteiger partial charge on any atom is 0.321 e. The van der Waals surface area contributed by atoms with Gasteiger partial charge in [0.05, 0.1) is 6.54 Å². The summed E-state index contributed by atoms with van der Waals surface area (Å²) in [6.07, 6.45) is 0.788. The first-order valence-corrected chi connectivity index (χ1v) is 6.39. The van der Waals surface area contributed by atoms with Gasteiger partial charge in [-0.1, -0.05) is 6.92 Å². The van der Waals surface area contributed by atoms with Gasteiger partial charge in [0.2, 0.25) is 11.8 Å². The molecule has 7 heteroatoms. The minimum Gasteiger partial charge on any atom is -0.480 e. The number of carbonyl (C=O) groups excluding carboxylic acids is 2. The van der Waals surface area contributed by atoms with Crippen LogP contribution >= 0.6 is 0 Å². The zero-order valence-corrected chi connectivity index (χ0v) is 11.3. The third-order valence-electron chi connectivity index (χ3n) is 3.22. The highest BCUT2D eigenvalue weighted by molar-refractivity contribution is 5.80. The molecule has 0 aromatic heterocycles. The zero-order valence-electron chi connectivity index (χ0n) is 11.3. The van der Waals surface area contributed by atoms with Gasteiger partial charge in [-0.3, -0.25) is 19.3 Å². The standard InChI is InChI=1S/C12H21N3O4/c1-8-3-6-15(11(8)12(18)19)7-10(17)14-5-4-13-9(2)16/h8,11H,3-7H2,1-2H3,(H,13,16)(H,14,17)(H,18,19). The highest BCUT2D eigenvalue weighted by Gasteiger charge is 2.37. The summed E-state index contributed by atoms with van der Waals surface area (Å²) in [6.45, 7) is 4.72. The molecule has 1 rings (SSSR count). The molecule has 2 unspecified atom stereocenters. The fourth-order valence-corrected chi connectivity index (χ4v) is 2.28. The number of carboxylic acid groups (broad SMARTS) is 1. The fourth-order valence-electron chi connectivity index (χ4n) is 2.28. The molecule has 1 fully saturated rings. The van der Waals surface area contributed by atoms with Crippen molar-refractivity contribution in [2.75, 3.05) is 26.2 Å². The maximum atomic E-state index is 11.7. The van der Waals surface area contributed by atoms with Crippen LogP contribution in [0, 0.1) is 5.92 Å². The van der Waals surface area contributed by atoms with Crippen molar-refractivity contribution in [3.05, 3.63) is 0 Å². The first kappa shape index (κ1) is 15.4. The number of carboxylic acids is 1. The molecular formula is C12H21N3O4. The van der Waals surface area contributed by atoms with Gasteiger partial charge < -0.3 is 15.7 Å². The predicted octanol–water partition coefficient (Wildman–Crippen LogP) is -0.966. The Labute approximate surface area is 112 Å². The Morgan fingerprint density at radius 2 is 1.89 bits per heavy atom. The van der Waals surface area contributed by atoms with Gasteiger partial charge in [-0.25, -0.2) is 0 Å². The fraction of sp³-hybridized carbons (Fsp3) is 0.750. The number of carbonyl (C=O) groups is 3. The monoisotopic (exact) mass is 271 g/mol. The van der Waals surface area contributed by atoms with Crippen molar-refractivity contribution in [3.8, 4) is 0 Å². The largest absolute Gasteiger partial charge is 0.480 e. The lowest BCUT2D eigenvalue weighted by molar-refractivity contribution is -0.143. The molecular weight excluding hydrogens is 250 g/mol. The van der Waals surface area contributed by atoms with E-state index < -0.39 is 12.0 Å². The van der Waals surface area contributed by atoms with Crippen molar-refractivity contribution in [2.24, 2.45) is 5.92 Å². The van der Waals surface area contributed by atoms with Gasteiger partial charge in [-0.05, 0) is 18.9 Å². The molecule has 0 aromatic carbocycles. The van der Waals surface area contributed by atoms with Crippen LogP contribution in [0.1, 0.15) is 20.3 Å². The van der Waals surface area contributed by atoms with E-state index in [1.165, 1.54) is 6.92 Å². The second-order valence-corrected chi connectivity index (χ2v) is 4.85. The first-order valence-electron chi connectivity index (χ1n) is 6.39. The Morgan fingerprint density at radius 1 is 1.26 bits per heavy atom. The molecule has 1 aliphatic rings. The number of rotatable bonds is 6. The van der Waals surface area contributed by atoms with E-state index in [0.717, 1.165) is 6.42 Å². The van der Waals surface area contributed by atoms with Crippen molar-refractivity contribution in [3.63, 3.8) is 0 Å². The number of amides is 2. The number of hydrogen-bond acceptors (Lipinski definition) is 4. The average Bonchev–Trinajstić information content (AvgIpc) is 2.65. The molecule has 108 valence electrons. The summed E-state index contributed by atoms with van der Waals surface area (Å²) in [6, 6.07) is -0.582. The molecule has 0 aromatic rings. The predicted molar refractivity (Wildman–Crippen MR) is 68.5 cm³/mol. The number of aliphatic carboxylic acids is 1. The first-order chi connectivity index (χ1) is 8.91. The van der Waals surface area contributed by atoms with E-state index >= 15 is 0 Å². The third-order valence-corrected chi connectivity index (χ3v) is 3.22. The van der Waals surface area contributed by atoms with Crippen LogP contribution in [0.5, 0.6) is 0 Å². The minimum absolute atomic E-state index is 0.0599. The van der Waals surface area contributed by atoms with Gasteiger partial charge >= 0.3 is 5.97 Å². The van der Waals surface area contributed by atoms with E-state index in [0.29, 0.717) is 19.6 Å². The molecule has 0 radical (unpaired) electrons. The van der Waals surface area contributed by atoms with Crippen LogP contribution in [-0.4, -0.2) is 60.0 Å². The molecule has 0 aliphatic carbocycles. The SMILES string of the molecule is CC(=O)NCCNC(=O)CN1CCC(C)C1C(=O)O. The van der Waals surface area contributed by atoms with Gasteiger partial charge in [0, 0.05) is 20.0 Å². The summed E-state index contributed by atoms with van der Waals surface area (Å²) >= 11 is 0. The summed E-state index contributed by atoms with van der Waals surface area (Å²) in [4.78, 5) is 35.1. The van der Waals surface area contributed by atoms with Crippen LogP contribution in [-0.2, 0) is 14.4 Å².